The van der Waals surface area contributed by atoms with E-state index in [4.69, 9.17) is 4.74 Å². The molecule has 1 amide bonds. The third-order valence-corrected chi connectivity index (χ3v) is 4.20. The Morgan fingerprint density at radius 3 is 2.55 bits per heavy atom. The van der Waals surface area contributed by atoms with Crippen LogP contribution in [0.5, 0.6) is 0 Å². The van der Waals surface area contributed by atoms with Gasteiger partial charge in [0.25, 0.3) is 0 Å². The molecular weight excluding hydrogens is 256 g/mol. The fourth-order valence-corrected chi connectivity index (χ4v) is 3.12. The van der Waals surface area contributed by atoms with Crippen molar-refractivity contribution in [2.75, 3.05) is 6.61 Å². The third kappa shape index (κ3) is 4.35. The molecule has 5 heteroatoms. The van der Waals surface area contributed by atoms with Gasteiger partial charge in [-0.25, -0.2) is 4.79 Å². The number of aliphatic hydroxyl groups is 1. The van der Waals surface area contributed by atoms with E-state index < -0.39 is 5.60 Å². The van der Waals surface area contributed by atoms with Gasteiger partial charge in [-0.3, -0.25) is 0 Å². The molecule has 2 unspecified atom stereocenters. The molecule has 2 aliphatic carbocycles. The van der Waals surface area contributed by atoms with Crippen molar-refractivity contribution < 1.29 is 14.6 Å². The van der Waals surface area contributed by atoms with E-state index in [9.17, 15) is 9.90 Å². The second kappa shape index (κ2) is 6.31. The Kier molecular flexibility index (Phi) is 4.91. The highest BCUT2D eigenvalue weighted by molar-refractivity contribution is 5.68. The summed E-state index contributed by atoms with van der Waals surface area (Å²) in [5.41, 5.74) is -0.441. The third-order valence-electron chi connectivity index (χ3n) is 4.20. The van der Waals surface area contributed by atoms with Crippen LogP contribution >= 0.6 is 0 Å². The SMILES string of the molecule is CC(C)(C)OC(=O)NC1CC(NC2CCCC2CO)C1. The molecule has 0 aromatic rings. The average Bonchev–Trinajstić information content (AvgIpc) is 2.70. The lowest BCUT2D eigenvalue weighted by molar-refractivity contribution is 0.0460. The number of nitrogens with one attached hydrogen (secondary N) is 2. The van der Waals surface area contributed by atoms with E-state index in [1.165, 1.54) is 6.42 Å². The van der Waals surface area contributed by atoms with E-state index in [-0.39, 0.29) is 18.7 Å². The maximum atomic E-state index is 11.6. The first kappa shape index (κ1) is 15.6. The molecule has 3 N–H and O–H groups in total. The highest BCUT2D eigenvalue weighted by Crippen LogP contribution is 2.29. The molecule has 2 rings (SSSR count). The standard InChI is InChI=1S/C15H28N2O3/c1-15(2,3)20-14(19)17-12-7-11(8-12)16-13-6-4-5-10(13)9-18/h10-13,16,18H,4-9H2,1-3H3,(H,17,19). The van der Waals surface area contributed by atoms with Crippen molar-refractivity contribution >= 4 is 6.09 Å². The molecule has 0 radical (unpaired) electrons. The second-order valence-electron chi connectivity index (χ2n) is 7.16. The Morgan fingerprint density at radius 1 is 1.25 bits per heavy atom. The van der Waals surface area contributed by atoms with Crippen LogP contribution in [0.3, 0.4) is 0 Å². The van der Waals surface area contributed by atoms with Crippen molar-refractivity contribution in [1.82, 2.24) is 10.6 Å². The lowest BCUT2D eigenvalue weighted by Gasteiger charge is -2.39. The minimum Gasteiger partial charge on any atom is -0.444 e. The van der Waals surface area contributed by atoms with Crippen molar-refractivity contribution in [2.24, 2.45) is 5.92 Å². The van der Waals surface area contributed by atoms with Gasteiger partial charge in [0.1, 0.15) is 5.60 Å². The smallest absolute Gasteiger partial charge is 0.407 e. The number of hydrogen-bond acceptors (Lipinski definition) is 4. The summed E-state index contributed by atoms with van der Waals surface area (Å²) >= 11 is 0. The molecule has 2 atom stereocenters. The normalized spacial score (nSPS) is 33.6. The monoisotopic (exact) mass is 284 g/mol. The van der Waals surface area contributed by atoms with Crippen LogP contribution < -0.4 is 10.6 Å². The van der Waals surface area contributed by atoms with Crippen molar-refractivity contribution in [1.29, 1.82) is 0 Å². The molecule has 0 bridgehead atoms. The maximum Gasteiger partial charge on any atom is 0.407 e. The largest absolute Gasteiger partial charge is 0.444 e. The molecular formula is C15H28N2O3. The van der Waals surface area contributed by atoms with Gasteiger partial charge in [0.05, 0.1) is 0 Å². The van der Waals surface area contributed by atoms with Crippen LogP contribution in [-0.4, -0.2) is 41.5 Å². The van der Waals surface area contributed by atoms with Gasteiger partial charge in [-0.05, 0) is 52.4 Å². The molecule has 0 aromatic heterocycles. The van der Waals surface area contributed by atoms with Gasteiger partial charge in [-0.2, -0.15) is 0 Å². The molecule has 116 valence electrons. The number of alkyl carbamates (subject to hydrolysis) is 1. The van der Waals surface area contributed by atoms with Crippen LogP contribution in [0, 0.1) is 5.92 Å². The van der Waals surface area contributed by atoms with E-state index >= 15 is 0 Å². The number of amides is 1. The van der Waals surface area contributed by atoms with Gasteiger partial charge in [-0.1, -0.05) is 6.42 Å². The molecule has 0 saturated heterocycles. The van der Waals surface area contributed by atoms with Crippen molar-refractivity contribution in [3.63, 3.8) is 0 Å². The van der Waals surface area contributed by atoms with Crippen molar-refractivity contribution in [2.45, 2.75) is 76.6 Å². The van der Waals surface area contributed by atoms with E-state index in [0.717, 1.165) is 25.7 Å². The predicted molar refractivity (Wildman–Crippen MR) is 77.5 cm³/mol. The first-order chi connectivity index (χ1) is 9.37. The van der Waals surface area contributed by atoms with Gasteiger partial charge < -0.3 is 20.5 Å². The molecule has 0 heterocycles. The van der Waals surface area contributed by atoms with E-state index in [1.807, 2.05) is 20.8 Å². The van der Waals surface area contributed by atoms with Crippen LogP contribution in [0.4, 0.5) is 4.79 Å². The first-order valence-electron chi connectivity index (χ1n) is 7.74. The Morgan fingerprint density at radius 2 is 1.95 bits per heavy atom. The zero-order chi connectivity index (χ0) is 14.8. The Hall–Kier alpha value is -0.810. The summed E-state index contributed by atoms with van der Waals surface area (Å²) in [4.78, 5) is 11.6. The summed E-state index contributed by atoms with van der Waals surface area (Å²) in [6, 6.07) is 1.14. The number of carbonyl (C=O) groups excluding carboxylic acids is 1. The van der Waals surface area contributed by atoms with Crippen LogP contribution in [-0.2, 0) is 4.74 Å². The minimum atomic E-state index is -0.441. The fourth-order valence-electron chi connectivity index (χ4n) is 3.12. The highest BCUT2D eigenvalue weighted by atomic mass is 16.6. The van der Waals surface area contributed by atoms with E-state index in [1.54, 1.807) is 0 Å². The van der Waals surface area contributed by atoms with Gasteiger partial charge >= 0.3 is 6.09 Å². The van der Waals surface area contributed by atoms with Gasteiger partial charge in [0.15, 0.2) is 0 Å². The number of aliphatic hydroxyl groups excluding tert-OH is 1. The van der Waals surface area contributed by atoms with Gasteiger partial charge in [0, 0.05) is 24.7 Å². The maximum absolute atomic E-state index is 11.6. The highest BCUT2D eigenvalue weighted by Gasteiger charge is 2.35. The Labute approximate surface area is 121 Å². The van der Waals surface area contributed by atoms with E-state index in [2.05, 4.69) is 10.6 Å². The topological polar surface area (TPSA) is 70.6 Å². The molecule has 5 nitrogen and oxygen atoms in total. The lowest BCUT2D eigenvalue weighted by Crippen LogP contribution is -2.55. The molecule has 2 fully saturated rings. The predicted octanol–water partition coefficient (Wildman–Crippen LogP) is 1.79. The number of rotatable bonds is 4. The summed E-state index contributed by atoms with van der Waals surface area (Å²) in [7, 11) is 0. The van der Waals surface area contributed by atoms with Crippen LogP contribution in [0.15, 0.2) is 0 Å². The number of ether oxygens (including phenoxy) is 1. The average molecular weight is 284 g/mol. The molecule has 2 aliphatic rings. The van der Waals surface area contributed by atoms with Gasteiger partial charge in [0.2, 0.25) is 0 Å². The first-order valence-corrected chi connectivity index (χ1v) is 7.74. The Bertz CT molecular complexity index is 335. The quantitative estimate of drug-likeness (QED) is 0.736. The summed E-state index contributed by atoms with van der Waals surface area (Å²) in [5, 5.41) is 15.8. The molecule has 0 aromatic carbocycles. The molecule has 0 aliphatic heterocycles. The lowest BCUT2D eigenvalue weighted by atomic mass is 9.85. The zero-order valence-corrected chi connectivity index (χ0v) is 12.8. The Balaban J connectivity index is 1.64. The molecule has 20 heavy (non-hydrogen) atoms. The van der Waals surface area contributed by atoms with Crippen molar-refractivity contribution in [3.8, 4) is 0 Å². The van der Waals surface area contributed by atoms with Crippen LogP contribution in [0.25, 0.3) is 0 Å². The minimum absolute atomic E-state index is 0.219. The van der Waals surface area contributed by atoms with Gasteiger partial charge in [-0.15, -0.1) is 0 Å². The van der Waals surface area contributed by atoms with Crippen LogP contribution in [0.1, 0.15) is 52.9 Å². The summed E-state index contributed by atoms with van der Waals surface area (Å²) in [6.07, 6.45) is 5.07. The molecule has 0 spiro atoms. The van der Waals surface area contributed by atoms with E-state index in [0.29, 0.717) is 18.0 Å². The number of carbonyl (C=O) groups is 1. The summed E-state index contributed by atoms with van der Waals surface area (Å²) < 4.78 is 5.24. The molecule has 2 saturated carbocycles. The summed E-state index contributed by atoms with van der Waals surface area (Å²) in [6.45, 7) is 5.89. The van der Waals surface area contributed by atoms with Crippen LogP contribution in [0.2, 0.25) is 0 Å². The van der Waals surface area contributed by atoms with Crippen molar-refractivity contribution in [3.05, 3.63) is 0 Å². The second-order valence-corrected chi connectivity index (χ2v) is 7.16. The fraction of sp³-hybridized carbons (Fsp3) is 0.933. The number of hydrogen-bond donors (Lipinski definition) is 3. The summed E-state index contributed by atoms with van der Waals surface area (Å²) in [5.74, 6) is 0.410. The zero-order valence-electron chi connectivity index (χ0n) is 12.8.